The van der Waals surface area contributed by atoms with Gasteiger partial charge in [0.2, 0.25) is 0 Å². The second-order valence-electron chi connectivity index (χ2n) is 3.75. The molecule has 1 aromatic rings. The molecule has 0 N–H and O–H groups in total. The second kappa shape index (κ2) is 5.27. The van der Waals surface area contributed by atoms with Gasteiger partial charge in [-0.15, -0.1) is 0 Å². The fourth-order valence-corrected chi connectivity index (χ4v) is 1.67. The van der Waals surface area contributed by atoms with Crippen LogP contribution in [0.2, 0.25) is 0 Å². The lowest BCUT2D eigenvalue weighted by Crippen LogP contribution is -2.05. The Morgan fingerprint density at radius 1 is 1.06 bits per heavy atom. The first-order valence-electron chi connectivity index (χ1n) is 5.50. The first kappa shape index (κ1) is 12.0. The summed E-state index contributed by atoms with van der Waals surface area (Å²) in [5, 5.41) is 0. The van der Waals surface area contributed by atoms with E-state index in [1.165, 1.54) is 19.3 Å². The van der Waals surface area contributed by atoms with Gasteiger partial charge in [-0.3, -0.25) is 9.59 Å². The third-order valence-electron chi connectivity index (χ3n) is 2.57. The van der Waals surface area contributed by atoms with E-state index >= 15 is 0 Å². The molecule has 1 aliphatic carbocycles. The molecule has 0 saturated heterocycles. The largest absolute Gasteiger partial charge is 0.496 e. The number of methoxy groups -OCH3 is 1. The van der Waals surface area contributed by atoms with Crippen LogP contribution in [0, 0.1) is 0 Å². The molecule has 0 atom stereocenters. The van der Waals surface area contributed by atoms with Gasteiger partial charge in [-0.1, -0.05) is 36.4 Å². The normalized spacial score (nSPS) is 14.6. The lowest BCUT2D eigenvalue weighted by molar-refractivity contribution is -0.115. The maximum atomic E-state index is 11.5. The smallest absolute Gasteiger partial charge is 0.193 e. The summed E-state index contributed by atoms with van der Waals surface area (Å²) in [5.74, 6) is -0.331. The Bertz CT molecular complexity index is 543. The monoisotopic (exact) mass is 240 g/mol. The van der Waals surface area contributed by atoms with E-state index in [-0.39, 0.29) is 17.1 Å². The van der Waals surface area contributed by atoms with Crippen LogP contribution in [0.4, 0.5) is 0 Å². The van der Waals surface area contributed by atoms with E-state index in [4.69, 9.17) is 4.74 Å². The van der Waals surface area contributed by atoms with Crippen LogP contribution in [0.25, 0.3) is 6.08 Å². The molecule has 0 aromatic heterocycles. The molecular formula is C15H12O3. The van der Waals surface area contributed by atoms with E-state index in [0.29, 0.717) is 5.76 Å². The first-order chi connectivity index (χ1) is 8.72. The van der Waals surface area contributed by atoms with Crippen molar-refractivity contribution in [2.24, 2.45) is 0 Å². The molecule has 0 unspecified atom stereocenters. The number of allylic oxidation sites excluding steroid dienone is 4. The summed E-state index contributed by atoms with van der Waals surface area (Å²) in [6, 6.07) is 9.58. The number of hydrogen-bond donors (Lipinski definition) is 0. The van der Waals surface area contributed by atoms with Crippen molar-refractivity contribution < 1.29 is 14.3 Å². The van der Waals surface area contributed by atoms with E-state index in [1.807, 2.05) is 30.3 Å². The van der Waals surface area contributed by atoms with Crippen LogP contribution in [0.5, 0.6) is 0 Å². The summed E-state index contributed by atoms with van der Waals surface area (Å²) >= 11 is 0. The average molecular weight is 240 g/mol. The minimum absolute atomic E-state index is 0.0877. The van der Waals surface area contributed by atoms with E-state index in [2.05, 4.69) is 0 Å². The number of rotatable bonds is 3. The number of carbonyl (C=O) groups is 2. The number of ether oxygens (including phenoxy) is 1. The number of carbonyl (C=O) groups excluding carboxylic acids is 2. The summed E-state index contributed by atoms with van der Waals surface area (Å²) in [7, 11) is 1.44. The summed E-state index contributed by atoms with van der Waals surface area (Å²) < 4.78 is 5.11. The van der Waals surface area contributed by atoms with Gasteiger partial charge in [0.1, 0.15) is 11.3 Å². The Morgan fingerprint density at radius 2 is 1.67 bits per heavy atom. The highest BCUT2D eigenvalue weighted by Crippen LogP contribution is 2.17. The number of benzene rings is 1. The summed E-state index contributed by atoms with van der Waals surface area (Å²) in [6.07, 6.45) is 5.94. The van der Waals surface area contributed by atoms with Gasteiger partial charge in [0.25, 0.3) is 0 Å². The predicted molar refractivity (Wildman–Crippen MR) is 68.7 cm³/mol. The van der Waals surface area contributed by atoms with Crippen molar-refractivity contribution in [1.82, 2.24) is 0 Å². The molecular weight excluding hydrogens is 228 g/mol. The van der Waals surface area contributed by atoms with Crippen molar-refractivity contribution in [2.75, 3.05) is 7.11 Å². The van der Waals surface area contributed by atoms with Crippen LogP contribution in [0.1, 0.15) is 5.56 Å². The van der Waals surface area contributed by atoms with Crippen LogP contribution >= 0.6 is 0 Å². The van der Waals surface area contributed by atoms with Gasteiger partial charge < -0.3 is 4.74 Å². The molecule has 18 heavy (non-hydrogen) atoms. The van der Waals surface area contributed by atoms with Gasteiger partial charge in [-0.05, 0) is 23.8 Å². The maximum Gasteiger partial charge on any atom is 0.193 e. The highest BCUT2D eigenvalue weighted by molar-refractivity contribution is 6.33. The highest BCUT2D eigenvalue weighted by Gasteiger charge is 2.24. The van der Waals surface area contributed by atoms with Crippen molar-refractivity contribution in [1.29, 1.82) is 0 Å². The van der Waals surface area contributed by atoms with Gasteiger partial charge in [0, 0.05) is 0 Å². The number of ketones is 2. The van der Waals surface area contributed by atoms with Gasteiger partial charge in [0.15, 0.2) is 11.6 Å². The Hall–Kier alpha value is -2.42. The molecule has 90 valence electrons. The minimum Gasteiger partial charge on any atom is -0.496 e. The molecule has 0 fully saturated rings. The van der Waals surface area contributed by atoms with E-state index in [1.54, 1.807) is 12.2 Å². The molecule has 3 heteroatoms. The lowest BCUT2D eigenvalue weighted by Gasteiger charge is -2.03. The fraction of sp³-hybridized carbons (Fsp3) is 0.0667. The highest BCUT2D eigenvalue weighted by atomic mass is 16.5. The molecule has 1 aromatic carbocycles. The summed E-state index contributed by atoms with van der Waals surface area (Å²) in [6.45, 7) is 0. The zero-order chi connectivity index (χ0) is 13.0. The molecule has 0 heterocycles. The second-order valence-corrected chi connectivity index (χ2v) is 3.75. The molecule has 0 spiro atoms. The molecule has 0 radical (unpaired) electrons. The van der Waals surface area contributed by atoms with Gasteiger partial charge in [0.05, 0.1) is 7.11 Å². The Kier molecular flexibility index (Phi) is 3.53. The number of hydrogen-bond acceptors (Lipinski definition) is 3. The Balaban J connectivity index is 2.31. The van der Waals surface area contributed by atoms with Crippen LogP contribution in [0.3, 0.4) is 0 Å². The van der Waals surface area contributed by atoms with Gasteiger partial charge >= 0.3 is 0 Å². The van der Waals surface area contributed by atoms with Crippen molar-refractivity contribution in [3.05, 3.63) is 65.5 Å². The minimum atomic E-state index is -0.311. The molecule has 1 aliphatic rings. The Labute approximate surface area is 105 Å². The van der Waals surface area contributed by atoms with Gasteiger partial charge in [-0.25, -0.2) is 0 Å². The quantitative estimate of drug-likeness (QED) is 0.462. The molecule has 0 amide bonds. The van der Waals surface area contributed by atoms with Gasteiger partial charge in [-0.2, -0.15) is 0 Å². The molecule has 3 nitrogen and oxygen atoms in total. The zero-order valence-corrected chi connectivity index (χ0v) is 9.92. The van der Waals surface area contributed by atoms with Crippen molar-refractivity contribution in [3.63, 3.8) is 0 Å². The Morgan fingerprint density at radius 3 is 2.22 bits per heavy atom. The average Bonchev–Trinajstić information content (AvgIpc) is 2.73. The van der Waals surface area contributed by atoms with Crippen LogP contribution in [-0.2, 0) is 14.3 Å². The van der Waals surface area contributed by atoms with Crippen molar-refractivity contribution in [2.45, 2.75) is 0 Å². The fourth-order valence-electron chi connectivity index (χ4n) is 1.67. The SMILES string of the molecule is COC(/C=C/c1ccccc1)=C1C(=O)C=CC1=O. The van der Waals surface area contributed by atoms with Crippen molar-refractivity contribution >= 4 is 17.6 Å². The third kappa shape index (κ3) is 2.46. The predicted octanol–water partition coefficient (Wildman–Crippen LogP) is 2.31. The van der Waals surface area contributed by atoms with E-state index in [0.717, 1.165) is 5.56 Å². The van der Waals surface area contributed by atoms with E-state index in [9.17, 15) is 9.59 Å². The lowest BCUT2D eigenvalue weighted by atomic mass is 10.1. The third-order valence-corrected chi connectivity index (χ3v) is 2.57. The zero-order valence-electron chi connectivity index (χ0n) is 9.92. The van der Waals surface area contributed by atoms with Crippen LogP contribution in [0.15, 0.2) is 59.9 Å². The summed E-state index contributed by atoms with van der Waals surface area (Å²) in [5.41, 5.74) is 1.06. The standard InChI is InChI=1S/C15H12O3/c1-18-14(15-12(16)8-9-13(15)17)10-7-11-5-3-2-4-6-11/h2-10H,1H3/b10-7+. The topological polar surface area (TPSA) is 43.4 Å². The molecule has 0 aliphatic heterocycles. The molecule has 0 saturated carbocycles. The van der Waals surface area contributed by atoms with Crippen LogP contribution in [-0.4, -0.2) is 18.7 Å². The van der Waals surface area contributed by atoms with E-state index < -0.39 is 0 Å². The summed E-state index contributed by atoms with van der Waals surface area (Å²) in [4.78, 5) is 23.0. The maximum absolute atomic E-state index is 11.5. The van der Waals surface area contributed by atoms with Crippen LogP contribution < -0.4 is 0 Å². The molecule has 2 rings (SSSR count). The molecule has 0 bridgehead atoms. The van der Waals surface area contributed by atoms with Crippen molar-refractivity contribution in [3.8, 4) is 0 Å². The first-order valence-corrected chi connectivity index (χ1v) is 5.50.